The van der Waals surface area contributed by atoms with Gasteiger partial charge in [-0.25, -0.2) is 0 Å². The van der Waals surface area contributed by atoms with E-state index < -0.39 is 19.8 Å². The second-order valence-electron chi connectivity index (χ2n) is 12.6. The number of thioether (sulfide) groups is 3. The third-order valence-electron chi connectivity index (χ3n) is 8.67. The molecule has 1 nitrogen and oxygen atoms in total. The average molecular weight is 808 g/mol. The molecule has 3 unspecified atom stereocenters. The monoisotopic (exact) mass is 808 g/mol. The summed E-state index contributed by atoms with van der Waals surface area (Å²) < 4.78 is 6.13. The van der Waals surface area contributed by atoms with Crippen LogP contribution in [0.1, 0.15) is 84.6 Å². The molecule has 0 amide bonds. The van der Waals surface area contributed by atoms with Crippen molar-refractivity contribution in [2.24, 2.45) is 17.6 Å². The van der Waals surface area contributed by atoms with E-state index in [2.05, 4.69) is 103 Å². The van der Waals surface area contributed by atoms with E-state index in [0.29, 0.717) is 0 Å². The molecule has 0 aliphatic carbocycles. The summed E-state index contributed by atoms with van der Waals surface area (Å²) in [5.74, 6) is 4.06. The molecular weight excluding hydrogens is 758 g/mol. The fourth-order valence-corrected chi connectivity index (χ4v) is 17.2. The number of rotatable bonds is 17. The second kappa shape index (κ2) is 17.2. The first-order valence-electron chi connectivity index (χ1n) is 16.6. The van der Waals surface area contributed by atoms with E-state index in [9.17, 15) is 0 Å². The van der Waals surface area contributed by atoms with E-state index >= 15 is 0 Å². The van der Waals surface area contributed by atoms with Crippen LogP contribution in [0, 0.1) is 11.8 Å². The third kappa shape index (κ3) is 8.69. The van der Waals surface area contributed by atoms with Crippen molar-refractivity contribution in [3.05, 3.63) is 35.9 Å². The second-order valence-corrected chi connectivity index (χ2v) is 28.0. The Bertz CT molecular complexity index is 1500. The molecule has 44 heavy (non-hydrogen) atoms. The molecular formula is C36H50NS6Sn-. The Kier molecular flexibility index (Phi) is 13.9. The van der Waals surface area contributed by atoms with Gasteiger partial charge in [0.25, 0.3) is 0 Å². The van der Waals surface area contributed by atoms with Crippen LogP contribution < -0.4 is 8.63 Å². The van der Waals surface area contributed by atoms with Gasteiger partial charge in [-0.15, -0.1) is 0 Å². The van der Waals surface area contributed by atoms with Crippen LogP contribution >= 0.6 is 69.3 Å². The Hall–Kier alpha value is 0.389. The molecule has 8 heteroatoms. The Morgan fingerprint density at radius 2 is 1.55 bits per heavy atom. The van der Waals surface area contributed by atoms with Crippen molar-refractivity contribution >= 4 is 102 Å². The van der Waals surface area contributed by atoms with Gasteiger partial charge in [0, 0.05) is 0 Å². The maximum absolute atomic E-state index is 6.74. The molecule has 1 aliphatic heterocycles. The molecule has 4 aromatic rings. The number of hydrogen-bond acceptors (Lipinski definition) is 7. The molecule has 2 N–H and O–H groups in total. The van der Waals surface area contributed by atoms with Crippen molar-refractivity contribution in [3.63, 3.8) is 0 Å². The summed E-state index contributed by atoms with van der Waals surface area (Å²) in [6.07, 6.45) is 11.7. The number of fused-ring (bicyclic) bond motifs is 2. The van der Waals surface area contributed by atoms with Gasteiger partial charge in [-0.05, 0) is 0 Å². The summed E-state index contributed by atoms with van der Waals surface area (Å²) >= 11 is 10.7. The molecule has 1 aromatic carbocycles. The van der Waals surface area contributed by atoms with Crippen LogP contribution in [-0.2, 0) is 6.42 Å². The topological polar surface area (TPSA) is 26.0 Å². The summed E-state index contributed by atoms with van der Waals surface area (Å²) in [4.78, 5) is 9.41. The first-order chi connectivity index (χ1) is 21.3. The van der Waals surface area contributed by atoms with Gasteiger partial charge in [-0.1, -0.05) is 33.1 Å². The first kappa shape index (κ1) is 35.7. The van der Waals surface area contributed by atoms with E-state index in [1.807, 2.05) is 34.4 Å². The van der Waals surface area contributed by atoms with Gasteiger partial charge < -0.3 is 0 Å². The van der Waals surface area contributed by atoms with Crippen LogP contribution in [0.3, 0.4) is 0 Å². The van der Waals surface area contributed by atoms with Gasteiger partial charge in [-0.3, -0.25) is 0 Å². The van der Waals surface area contributed by atoms with E-state index in [1.165, 1.54) is 113 Å². The molecule has 0 spiro atoms. The zero-order valence-electron chi connectivity index (χ0n) is 27.4. The fourth-order valence-electron chi connectivity index (χ4n) is 5.97. The van der Waals surface area contributed by atoms with E-state index in [-0.39, 0.29) is 5.37 Å². The standard InChI is InChI=1S/C34H44NS6.2CH3.Sn/c1-5-8-10-11-22(4)20-37-29-15-13-26(39-29)31-24-17-18-36-33(24)32(25-19-28(35)41-34(25)31)27-14-16-30(40-27)38-21-23(7-3)12-9-6-2;;;/h13-17,22-23,28H,5-12,19-21,35H2,1-4H3;2*1H3;/q;;;-1. The van der Waals surface area contributed by atoms with Crippen molar-refractivity contribution in [1.82, 2.24) is 0 Å². The van der Waals surface area contributed by atoms with Crippen molar-refractivity contribution in [2.45, 2.75) is 114 Å². The molecule has 4 heterocycles. The Labute approximate surface area is 299 Å². The average Bonchev–Trinajstić information content (AvgIpc) is 3.81. The normalized spacial score (nSPS) is 16.1. The molecule has 3 atom stereocenters. The molecule has 0 saturated carbocycles. The van der Waals surface area contributed by atoms with Gasteiger partial charge in [0.1, 0.15) is 0 Å². The van der Waals surface area contributed by atoms with Crippen LogP contribution in [0.25, 0.3) is 31.0 Å². The van der Waals surface area contributed by atoms with Gasteiger partial charge in [0.15, 0.2) is 0 Å². The molecule has 0 saturated heterocycles. The Morgan fingerprint density at radius 1 is 0.864 bits per heavy atom. The van der Waals surface area contributed by atoms with E-state index in [0.717, 1.165) is 18.3 Å². The van der Waals surface area contributed by atoms with Crippen LogP contribution in [-0.4, -0.2) is 36.6 Å². The molecule has 0 fully saturated rings. The van der Waals surface area contributed by atoms with Crippen LogP contribution in [0.2, 0.25) is 9.88 Å². The minimum absolute atomic E-state index is 0.136. The SMILES string of the molecule is CCCCCC(C)CSc1ccc(-c2c3c(c(-c4ccc(SCC(CC)CCCC)s4)c4s[c]([Sn-]([CH3])[CH3])cc24)CC(N)S3)s1. The van der Waals surface area contributed by atoms with Crippen LogP contribution in [0.15, 0.2) is 43.6 Å². The van der Waals surface area contributed by atoms with Crippen LogP contribution in [0.5, 0.6) is 0 Å². The maximum atomic E-state index is 6.74. The Balaban J connectivity index is 1.49. The number of hydrogen-bond donors (Lipinski definition) is 1. The van der Waals surface area contributed by atoms with E-state index in [4.69, 9.17) is 5.73 Å². The molecule has 1 aliphatic rings. The number of unbranched alkanes of at least 4 members (excludes halogenated alkanes) is 3. The molecule has 0 radical (unpaired) electrons. The molecule has 5 rings (SSSR count). The van der Waals surface area contributed by atoms with Gasteiger partial charge in [0.05, 0.1) is 0 Å². The first-order valence-corrected chi connectivity index (χ1v) is 29.1. The summed E-state index contributed by atoms with van der Waals surface area (Å²) in [7, 11) is 0. The number of benzene rings is 1. The van der Waals surface area contributed by atoms with Crippen molar-refractivity contribution in [3.8, 4) is 20.9 Å². The quantitative estimate of drug-likeness (QED) is 0.0653. The molecule has 3 aromatic heterocycles. The minimum atomic E-state index is -1.55. The summed E-state index contributed by atoms with van der Waals surface area (Å²) in [5, 5.41) is 1.62. The third-order valence-corrected chi connectivity index (χ3v) is 22.8. The van der Waals surface area contributed by atoms with Crippen molar-refractivity contribution < 1.29 is 0 Å². The Morgan fingerprint density at radius 3 is 2.20 bits per heavy atom. The zero-order valence-corrected chi connectivity index (χ0v) is 35.2. The predicted molar refractivity (Wildman–Crippen MR) is 211 cm³/mol. The van der Waals surface area contributed by atoms with Crippen molar-refractivity contribution in [1.29, 1.82) is 0 Å². The van der Waals surface area contributed by atoms with Gasteiger partial charge >= 0.3 is 269 Å². The number of thiophene rings is 3. The number of nitrogens with two attached hydrogens (primary N) is 1. The fraction of sp³-hybridized carbons (Fsp3) is 0.556. The molecule has 240 valence electrons. The summed E-state index contributed by atoms with van der Waals surface area (Å²) in [6.45, 7) is 9.40. The van der Waals surface area contributed by atoms with Crippen LogP contribution in [0.4, 0.5) is 0 Å². The van der Waals surface area contributed by atoms with E-state index in [1.54, 1.807) is 2.89 Å². The zero-order chi connectivity index (χ0) is 31.2. The van der Waals surface area contributed by atoms with Crippen molar-refractivity contribution in [2.75, 3.05) is 11.5 Å². The van der Waals surface area contributed by atoms with Gasteiger partial charge in [-0.2, -0.15) is 0 Å². The summed E-state index contributed by atoms with van der Waals surface area (Å²) in [6, 6.07) is 12.2. The van der Waals surface area contributed by atoms with Gasteiger partial charge in [0.2, 0.25) is 0 Å². The molecule has 0 bridgehead atoms. The predicted octanol–water partition coefficient (Wildman–Crippen LogP) is 12.9. The summed E-state index contributed by atoms with van der Waals surface area (Å²) in [5.41, 5.74) is 11.2.